The molecule has 9 nitrogen and oxygen atoms in total. The van der Waals surface area contributed by atoms with E-state index in [1.165, 1.54) is 22.6 Å². The van der Waals surface area contributed by atoms with Crippen LogP contribution in [0.5, 0.6) is 0 Å². The Morgan fingerprint density at radius 2 is 1.69 bits per heavy atom. The van der Waals surface area contributed by atoms with Crippen LogP contribution < -0.4 is 0 Å². The molecule has 1 fully saturated rings. The highest BCUT2D eigenvalue weighted by molar-refractivity contribution is 7.90. The molecular formula is C27H35ClN4O5S2. The maximum Gasteiger partial charge on any atom is 0.243 e. The van der Waals surface area contributed by atoms with Crippen LogP contribution >= 0.6 is 11.6 Å². The molecule has 39 heavy (non-hydrogen) atoms. The van der Waals surface area contributed by atoms with Gasteiger partial charge in [0.2, 0.25) is 25.0 Å². The molecule has 0 saturated carbocycles. The van der Waals surface area contributed by atoms with Gasteiger partial charge in [0.05, 0.1) is 42.3 Å². The summed E-state index contributed by atoms with van der Waals surface area (Å²) >= 11 is 6.01. The third kappa shape index (κ3) is 7.08. The maximum atomic E-state index is 13.8. The van der Waals surface area contributed by atoms with Crippen LogP contribution in [0.1, 0.15) is 36.7 Å². The largest absolute Gasteiger partial charge is 0.379 e. The first-order chi connectivity index (χ1) is 18.5. The van der Waals surface area contributed by atoms with Gasteiger partial charge in [-0.2, -0.15) is 4.31 Å². The van der Waals surface area contributed by atoms with Crippen molar-refractivity contribution < 1.29 is 21.6 Å². The lowest BCUT2D eigenvalue weighted by Gasteiger charge is -2.30. The van der Waals surface area contributed by atoms with Gasteiger partial charge in [0, 0.05) is 37.2 Å². The van der Waals surface area contributed by atoms with E-state index in [1.54, 1.807) is 22.8 Å². The minimum absolute atomic E-state index is 0.0274. The molecule has 12 heteroatoms. The molecule has 0 atom stereocenters. The summed E-state index contributed by atoms with van der Waals surface area (Å²) in [6.45, 7) is 8.97. The average Bonchev–Trinajstić information content (AvgIpc) is 3.34. The summed E-state index contributed by atoms with van der Waals surface area (Å²) in [7, 11) is -7.71. The number of halogens is 1. The number of imidazole rings is 1. The molecule has 1 aromatic heterocycles. The average molecular weight is 595 g/mol. The van der Waals surface area contributed by atoms with Gasteiger partial charge in [-0.15, -0.1) is 0 Å². The Kier molecular flexibility index (Phi) is 9.51. The monoisotopic (exact) mass is 594 g/mol. The molecule has 0 aliphatic carbocycles. The van der Waals surface area contributed by atoms with Crippen LogP contribution in [0.25, 0.3) is 0 Å². The highest BCUT2D eigenvalue weighted by Crippen LogP contribution is 2.26. The van der Waals surface area contributed by atoms with Gasteiger partial charge in [-0.3, -0.25) is 4.90 Å². The lowest BCUT2D eigenvalue weighted by Crippen LogP contribution is -2.43. The molecule has 0 spiro atoms. The second-order valence-corrected chi connectivity index (χ2v) is 14.2. The Bertz CT molecular complexity index is 1480. The Morgan fingerprint density at radius 3 is 2.33 bits per heavy atom. The summed E-state index contributed by atoms with van der Waals surface area (Å²) in [6, 6.07) is 13.1. The van der Waals surface area contributed by atoms with E-state index in [1.807, 2.05) is 39.0 Å². The smallest absolute Gasteiger partial charge is 0.243 e. The van der Waals surface area contributed by atoms with E-state index in [4.69, 9.17) is 16.3 Å². The van der Waals surface area contributed by atoms with Crippen molar-refractivity contribution in [1.29, 1.82) is 0 Å². The van der Waals surface area contributed by atoms with Crippen molar-refractivity contribution in [2.24, 2.45) is 0 Å². The molecule has 0 unspecified atom stereocenters. The predicted molar refractivity (Wildman–Crippen MR) is 151 cm³/mol. The fourth-order valence-corrected chi connectivity index (χ4v) is 7.85. The van der Waals surface area contributed by atoms with Crippen LogP contribution in [0.3, 0.4) is 0 Å². The standard InChI is InChI=1S/C27H35ClN4O5S2/c1-21(2)32-25(18-29-27(32)38(33,34)20-23-7-5-4-6-22(23)3)19-31(13-12-30-14-16-37-17-15-30)39(35,36)26-10-8-24(28)9-11-26/h4-11,18,21H,12-17,19-20H2,1-3H3. The highest BCUT2D eigenvalue weighted by atomic mass is 35.5. The summed E-state index contributed by atoms with van der Waals surface area (Å²) in [6.07, 6.45) is 1.48. The molecule has 0 amide bonds. The number of ether oxygens (including phenoxy) is 1. The van der Waals surface area contributed by atoms with Gasteiger partial charge in [0.25, 0.3) is 0 Å². The van der Waals surface area contributed by atoms with Crippen LogP contribution in [0.2, 0.25) is 5.02 Å². The van der Waals surface area contributed by atoms with E-state index in [0.717, 1.165) is 18.7 Å². The number of sulfonamides is 1. The first-order valence-electron chi connectivity index (χ1n) is 12.9. The second kappa shape index (κ2) is 12.5. The molecule has 3 aromatic rings. The van der Waals surface area contributed by atoms with Crippen molar-refractivity contribution in [3.05, 3.63) is 76.6 Å². The fraction of sp³-hybridized carbons (Fsp3) is 0.444. The first-order valence-corrected chi connectivity index (χ1v) is 16.4. The van der Waals surface area contributed by atoms with Gasteiger partial charge in [-0.1, -0.05) is 35.9 Å². The van der Waals surface area contributed by atoms with Crippen LogP contribution in [-0.2, 0) is 36.9 Å². The number of benzene rings is 2. The number of hydrogen-bond acceptors (Lipinski definition) is 7. The Morgan fingerprint density at radius 1 is 1.03 bits per heavy atom. The number of nitrogens with zero attached hydrogens (tertiary/aromatic N) is 4. The Labute approximate surface area is 236 Å². The maximum absolute atomic E-state index is 13.8. The van der Waals surface area contributed by atoms with Crippen LogP contribution in [0.15, 0.2) is 64.8 Å². The molecule has 2 aromatic carbocycles. The van der Waals surface area contributed by atoms with Crippen molar-refractivity contribution in [2.45, 2.75) is 49.2 Å². The number of morpholine rings is 1. The Balaban J connectivity index is 1.67. The number of rotatable bonds is 11. The molecule has 1 aliphatic rings. The molecule has 212 valence electrons. The molecule has 1 aliphatic heterocycles. The molecular weight excluding hydrogens is 560 g/mol. The number of hydrogen-bond donors (Lipinski definition) is 0. The van der Waals surface area contributed by atoms with E-state index in [-0.39, 0.29) is 34.9 Å². The van der Waals surface area contributed by atoms with Gasteiger partial charge in [-0.25, -0.2) is 21.8 Å². The van der Waals surface area contributed by atoms with Crippen LogP contribution in [-0.4, -0.2) is 75.0 Å². The van der Waals surface area contributed by atoms with E-state index in [9.17, 15) is 16.8 Å². The summed E-state index contributed by atoms with van der Waals surface area (Å²) in [5.41, 5.74) is 2.09. The SMILES string of the molecule is Cc1ccccc1CS(=O)(=O)c1ncc(CN(CCN2CCOCC2)S(=O)(=O)c2ccc(Cl)cc2)n1C(C)C. The summed E-state index contributed by atoms with van der Waals surface area (Å²) in [5.74, 6) is -0.188. The number of sulfone groups is 1. The van der Waals surface area contributed by atoms with Crippen molar-refractivity contribution in [3.8, 4) is 0 Å². The zero-order valence-electron chi connectivity index (χ0n) is 22.5. The lowest BCUT2D eigenvalue weighted by molar-refractivity contribution is 0.0361. The normalized spacial score (nSPS) is 15.3. The zero-order chi connectivity index (χ0) is 28.2. The van der Waals surface area contributed by atoms with Gasteiger partial charge in [-0.05, 0) is 56.2 Å². The van der Waals surface area contributed by atoms with E-state index >= 15 is 0 Å². The van der Waals surface area contributed by atoms with Crippen molar-refractivity contribution in [1.82, 2.24) is 18.8 Å². The van der Waals surface area contributed by atoms with Crippen molar-refractivity contribution in [2.75, 3.05) is 39.4 Å². The van der Waals surface area contributed by atoms with E-state index in [2.05, 4.69) is 9.88 Å². The molecule has 4 rings (SSSR count). The molecule has 0 bridgehead atoms. The first kappa shape index (κ1) is 29.7. The van der Waals surface area contributed by atoms with E-state index in [0.29, 0.717) is 36.0 Å². The zero-order valence-corrected chi connectivity index (χ0v) is 24.8. The van der Waals surface area contributed by atoms with Gasteiger partial charge in [0.15, 0.2) is 0 Å². The van der Waals surface area contributed by atoms with Crippen LogP contribution in [0, 0.1) is 6.92 Å². The fourth-order valence-electron chi connectivity index (χ4n) is 4.62. The van der Waals surface area contributed by atoms with Crippen molar-refractivity contribution in [3.63, 3.8) is 0 Å². The summed E-state index contributed by atoms with van der Waals surface area (Å²) < 4.78 is 63.0. The third-order valence-electron chi connectivity index (χ3n) is 6.80. The third-order valence-corrected chi connectivity index (χ3v) is 10.5. The molecule has 1 saturated heterocycles. The quantitative estimate of drug-likeness (QED) is 0.331. The predicted octanol–water partition coefficient (Wildman–Crippen LogP) is 3.92. The summed E-state index contributed by atoms with van der Waals surface area (Å²) in [5, 5.41) is 0.378. The summed E-state index contributed by atoms with van der Waals surface area (Å²) in [4.78, 5) is 6.59. The molecule has 0 radical (unpaired) electrons. The minimum atomic E-state index is -3.91. The number of aromatic nitrogens is 2. The second-order valence-electron chi connectivity index (χ2n) is 9.93. The lowest BCUT2D eigenvalue weighted by atomic mass is 10.1. The molecule has 2 heterocycles. The van der Waals surface area contributed by atoms with Crippen molar-refractivity contribution >= 4 is 31.5 Å². The molecule has 0 N–H and O–H groups in total. The van der Waals surface area contributed by atoms with Gasteiger partial charge >= 0.3 is 0 Å². The van der Waals surface area contributed by atoms with Gasteiger partial charge in [0.1, 0.15) is 0 Å². The van der Waals surface area contributed by atoms with E-state index < -0.39 is 19.9 Å². The minimum Gasteiger partial charge on any atom is -0.379 e. The van der Waals surface area contributed by atoms with Crippen LogP contribution in [0.4, 0.5) is 0 Å². The van der Waals surface area contributed by atoms with Gasteiger partial charge < -0.3 is 9.30 Å². The number of aryl methyl sites for hydroxylation is 1. The highest BCUT2D eigenvalue weighted by Gasteiger charge is 2.30. The Hall–Kier alpha value is -2.28. The topological polar surface area (TPSA) is 102 Å².